The van der Waals surface area contributed by atoms with Gasteiger partial charge in [0.05, 0.1) is 22.1 Å². The van der Waals surface area contributed by atoms with Crippen LogP contribution in [-0.4, -0.2) is 38.7 Å². The molecular weight excluding hydrogens is 442 g/mol. The molecule has 1 fully saturated rings. The molecule has 0 saturated carbocycles. The lowest BCUT2D eigenvalue weighted by Gasteiger charge is -2.14. The maximum Gasteiger partial charge on any atom is 0.293 e. The number of hydrogen-bond donors (Lipinski definition) is 0. The third-order valence-corrected chi connectivity index (χ3v) is 6.08. The molecule has 33 heavy (non-hydrogen) atoms. The molecular formula is C24H21N3O5S. The van der Waals surface area contributed by atoms with Gasteiger partial charge in [0, 0.05) is 24.0 Å². The van der Waals surface area contributed by atoms with Crippen LogP contribution in [0.4, 0.5) is 10.5 Å². The van der Waals surface area contributed by atoms with E-state index in [2.05, 4.69) is 0 Å². The zero-order chi connectivity index (χ0) is 23.5. The number of rotatable bonds is 7. The van der Waals surface area contributed by atoms with Gasteiger partial charge in [-0.1, -0.05) is 18.2 Å². The monoisotopic (exact) mass is 463 g/mol. The minimum Gasteiger partial charge on any atom is -0.491 e. The highest BCUT2D eigenvalue weighted by atomic mass is 32.2. The number of aryl methyl sites for hydroxylation is 2. The zero-order valence-electron chi connectivity index (χ0n) is 18.1. The number of non-ortho nitro benzene ring substituents is 1. The van der Waals surface area contributed by atoms with Gasteiger partial charge in [-0.3, -0.25) is 24.6 Å². The van der Waals surface area contributed by atoms with E-state index in [-0.39, 0.29) is 34.9 Å². The Morgan fingerprint density at radius 2 is 1.91 bits per heavy atom. The van der Waals surface area contributed by atoms with Crippen LogP contribution in [0.25, 0.3) is 11.8 Å². The molecule has 0 aliphatic carbocycles. The number of nitrogens with zero attached hydrogens (tertiary/aromatic N) is 3. The third kappa shape index (κ3) is 4.83. The van der Waals surface area contributed by atoms with Gasteiger partial charge in [-0.2, -0.15) is 0 Å². The van der Waals surface area contributed by atoms with E-state index in [0.29, 0.717) is 11.4 Å². The van der Waals surface area contributed by atoms with Gasteiger partial charge < -0.3 is 9.30 Å². The number of hydrogen-bond acceptors (Lipinski definition) is 6. The maximum atomic E-state index is 12.9. The summed E-state index contributed by atoms with van der Waals surface area (Å²) in [6, 6.07) is 15.6. The van der Waals surface area contributed by atoms with Gasteiger partial charge >= 0.3 is 0 Å². The molecule has 0 spiro atoms. The summed E-state index contributed by atoms with van der Waals surface area (Å²) in [6.45, 7) is 4.24. The van der Waals surface area contributed by atoms with E-state index in [4.69, 9.17) is 4.74 Å². The van der Waals surface area contributed by atoms with Crippen molar-refractivity contribution in [3.05, 3.63) is 92.6 Å². The smallest absolute Gasteiger partial charge is 0.293 e. The first-order valence-electron chi connectivity index (χ1n) is 10.2. The van der Waals surface area contributed by atoms with E-state index in [9.17, 15) is 19.7 Å². The van der Waals surface area contributed by atoms with E-state index in [0.717, 1.165) is 28.6 Å². The predicted molar refractivity (Wildman–Crippen MR) is 127 cm³/mol. The van der Waals surface area contributed by atoms with Crippen molar-refractivity contribution in [1.82, 2.24) is 9.47 Å². The summed E-state index contributed by atoms with van der Waals surface area (Å²) in [5.74, 6) is 0.341. The van der Waals surface area contributed by atoms with Gasteiger partial charge in [-0.05, 0) is 67.1 Å². The molecule has 0 atom stereocenters. The van der Waals surface area contributed by atoms with Crippen LogP contribution in [0.3, 0.4) is 0 Å². The minimum atomic E-state index is -0.460. The number of nitro benzene ring substituents is 1. The number of thioether (sulfide) groups is 1. The maximum absolute atomic E-state index is 12.9. The Morgan fingerprint density at radius 1 is 1.09 bits per heavy atom. The summed E-state index contributed by atoms with van der Waals surface area (Å²) in [4.78, 5) is 37.4. The van der Waals surface area contributed by atoms with Gasteiger partial charge in [0.2, 0.25) is 0 Å². The second-order valence-electron chi connectivity index (χ2n) is 7.53. The average Bonchev–Trinajstić information content (AvgIpc) is 3.36. The van der Waals surface area contributed by atoms with Gasteiger partial charge in [-0.25, -0.2) is 0 Å². The largest absolute Gasteiger partial charge is 0.491 e. The quantitative estimate of drug-likeness (QED) is 0.274. The van der Waals surface area contributed by atoms with E-state index < -0.39 is 4.92 Å². The molecule has 0 unspecified atom stereocenters. The fourth-order valence-corrected chi connectivity index (χ4v) is 4.29. The summed E-state index contributed by atoms with van der Waals surface area (Å²) in [7, 11) is 0. The molecule has 1 aromatic heterocycles. The third-order valence-electron chi connectivity index (χ3n) is 5.17. The van der Waals surface area contributed by atoms with Crippen LogP contribution in [0.15, 0.2) is 65.7 Å². The van der Waals surface area contributed by atoms with Crippen LogP contribution < -0.4 is 4.74 Å². The normalized spacial score (nSPS) is 14.8. The molecule has 1 aliphatic heterocycles. The van der Waals surface area contributed by atoms with Crippen LogP contribution in [0.2, 0.25) is 0 Å². The SMILES string of the molecule is Cc1ccc(C)c(OCCN2C(=O)S/C(=C\c3cccn3-c3cccc([N+](=O)[O-])c3)C2=O)c1. The predicted octanol–water partition coefficient (Wildman–Crippen LogP) is 5.12. The summed E-state index contributed by atoms with van der Waals surface area (Å²) < 4.78 is 7.52. The summed E-state index contributed by atoms with van der Waals surface area (Å²) in [5, 5.41) is 10.7. The van der Waals surface area contributed by atoms with Gasteiger partial charge in [0.1, 0.15) is 12.4 Å². The Hall–Kier alpha value is -3.85. The molecule has 4 rings (SSSR count). The zero-order valence-corrected chi connectivity index (χ0v) is 18.9. The lowest BCUT2D eigenvalue weighted by molar-refractivity contribution is -0.384. The number of carbonyl (C=O) groups excluding carboxylic acids is 2. The molecule has 3 aromatic rings. The van der Waals surface area contributed by atoms with Gasteiger partial charge in [-0.15, -0.1) is 0 Å². The van der Waals surface area contributed by atoms with Crippen LogP contribution >= 0.6 is 11.8 Å². The fraction of sp³-hybridized carbons (Fsp3) is 0.167. The summed E-state index contributed by atoms with van der Waals surface area (Å²) in [6.07, 6.45) is 3.36. The molecule has 8 nitrogen and oxygen atoms in total. The van der Waals surface area contributed by atoms with Gasteiger partial charge in [0.25, 0.3) is 16.8 Å². The second kappa shape index (κ2) is 9.33. The first-order valence-corrected chi connectivity index (χ1v) is 11.0. The Morgan fingerprint density at radius 3 is 2.70 bits per heavy atom. The Kier molecular flexibility index (Phi) is 6.32. The highest BCUT2D eigenvalue weighted by Crippen LogP contribution is 2.33. The van der Waals surface area contributed by atoms with E-state index >= 15 is 0 Å². The molecule has 9 heteroatoms. The molecule has 0 N–H and O–H groups in total. The van der Waals surface area contributed by atoms with Crippen molar-refractivity contribution in [3.8, 4) is 11.4 Å². The number of nitro groups is 1. The number of ether oxygens (including phenoxy) is 1. The average molecular weight is 464 g/mol. The highest BCUT2D eigenvalue weighted by molar-refractivity contribution is 8.18. The number of carbonyl (C=O) groups is 2. The molecule has 2 heterocycles. The van der Waals surface area contributed by atoms with Crippen molar-refractivity contribution >= 4 is 34.7 Å². The number of benzene rings is 2. The number of aromatic nitrogens is 1. The Bertz CT molecular complexity index is 1280. The molecule has 0 radical (unpaired) electrons. The van der Waals surface area contributed by atoms with Crippen molar-refractivity contribution in [2.75, 3.05) is 13.2 Å². The number of imide groups is 1. The van der Waals surface area contributed by atoms with Crippen molar-refractivity contribution in [2.45, 2.75) is 13.8 Å². The standard InChI is InChI=1S/C24H21N3O5S/c1-16-8-9-17(2)21(13-16)32-12-11-26-23(28)22(33-24(26)29)15-19-7-4-10-25(19)18-5-3-6-20(14-18)27(30)31/h3-10,13-15H,11-12H2,1-2H3/b22-15-. The first-order chi connectivity index (χ1) is 15.8. The van der Waals surface area contributed by atoms with Crippen LogP contribution in [-0.2, 0) is 4.79 Å². The van der Waals surface area contributed by atoms with E-state index in [1.165, 1.54) is 17.0 Å². The van der Waals surface area contributed by atoms with Crippen molar-refractivity contribution < 1.29 is 19.2 Å². The molecule has 1 saturated heterocycles. The van der Waals surface area contributed by atoms with Crippen molar-refractivity contribution in [2.24, 2.45) is 0 Å². The van der Waals surface area contributed by atoms with Crippen LogP contribution in [0, 0.1) is 24.0 Å². The highest BCUT2D eigenvalue weighted by Gasteiger charge is 2.35. The topological polar surface area (TPSA) is 94.7 Å². The molecule has 168 valence electrons. The van der Waals surface area contributed by atoms with Gasteiger partial charge in [0.15, 0.2) is 0 Å². The van der Waals surface area contributed by atoms with E-state index in [1.54, 1.807) is 41.1 Å². The van der Waals surface area contributed by atoms with Crippen molar-refractivity contribution in [3.63, 3.8) is 0 Å². The fourth-order valence-electron chi connectivity index (χ4n) is 3.44. The van der Waals surface area contributed by atoms with Crippen LogP contribution in [0.5, 0.6) is 5.75 Å². The molecule has 1 aliphatic rings. The Balaban J connectivity index is 1.49. The lowest BCUT2D eigenvalue weighted by atomic mass is 10.1. The number of amides is 2. The first kappa shape index (κ1) is 22.3. The molecule has 0 bridgehead atoms. The summed E-state index contributed by atoms with van der Waals surface area (Å²) >= 11 is 0.865. The van der Waals surface area contributed by atoms with Crippen molar-refractivity contribution in [1.29, 1.82) is 0 Å². The van der Waals surface area contributed by atoms with E-state index in [1.807, 2.05) is 32.0 Å². The molecule has 2 amide bonds. The van der Waals surface area contributed by atoms with Crippen LogP contribution in [0.1, 0.15) is 16.8 Å². The molecule has 2 aromatic carbocycles. The minimum absolute atomic E-state index is 0.0312. The summed E-state index contributed by atoms with van der Waals surface area (Å²) in [5.41, 5.74) is 3.23. The Labute approximate surface area is 194 Å². The second-order valence-corrected chi connectivity index (χ2v) is 8.52. The lowest BCUT2D eigenvalue weighted by Crippen LogP contribution is -2.32.